The molecule has 5 aliphatic rings. The number of rotatable bonds is 14. The topological polar surface area (TPSA) is 27.7 Å². The Balaban J connectivity index is 1.10. The Labute approximate surface area is 339 Å². The number of hydrogen-bond donors (Lipinski definition) is 0. The second kappa shape index (κ2) is 21.8. The second-order valence-corrected chi connectivity index (χ2v) is 19.2. The van der Waals surface area contributed by atoms with Gasteiger partial charge in [0.25, 0.3) is 0 Å². The van der Waals surface area contributed by atoms with Crippen molar-refractivity contribution < 1.29 is 14.2 Å². The van der Waals surface area contributed by atoms with E-state index in [9.17, 15) is 0 Å². The van der Waals surface area contributed by atoms with Crippen molar-refractivity contribution in [2.75, 3.05) is 6.61 Å². The Morgan fingerprint density at radius 3 is 1.56 bits per heavy atom. The van der Waals surface area contributed by atoms with Crippen LogP contribution in [-0.4, -0.2) is 30.2 Å². The average Bonchev–Trinajstić information content (AvgIpc) is 3.22. The molecule has 4 aliphatic carbocycles. The van der Waals surface area contributed by atoms with E-state index in [2.05, 4.69) is 75.6 Å². The van der Waals surface area contributed by atoms with Crippen molar-refractivity contribution in [3.63, 3.8) is 0 Å². The van der Waals surface area contributed by atoms with E-state index < -0.39 is 5.60 Å². The predicted molar refractivity (Wildman–Crippen MR) is 230 cm³/mol. The molecular formula is C52H80O3. The standard InChI is InChI=1S/C52H80O3/c1-5-8-9-14-41(4)54-51(36-30-48(31-37-51)46-24-20-42(12-6-2)21-25-46)34-28-44-16-18-45(19-17-44)29-35-52(55-50-15-10-11-40-53-50)38-32-49(33-39-52)47-26-22-43(13-7-3)23-27-47/h16-19,41-43,46-50H,5-15,20-27,30-33,36-40H2,1-4H3. The van der Waals surface area contributed by atoms with Crippen LogP contribution in [0, 0.1) is 59.2 Å². The lowest BCUT2D eigenvalue weighted by atomic mass is 9.67. The van der Waals surface area contributed by atoms with Crippen molar-refractivity contribution in [1.29, 1.82) is 0 Å². The van der Waals surface area contributed by atoms with E-state index >= 15 is 0 Å². The van der Waals surface area contributed by atoms with Gasteiger partial charge in [-0.2, -0.15) is 0 Å². The molecule has 1 saturated heterocycles. The largest absolute Gasteiger partial charge is 0.359 e. The van der Waals surface area contributed by atoms with E-state index in [4.69, 9.17) is 14.2 Å². The first-order valence-corrected chi connectivity index (χ1v) is 24.0. The van der Waals surface area contributed by atoms with E-state index in [-0.39, 0.29) is 18.0 Å². The van der Waals surface area contributed by atoms with E-state index in [1.165, 1.54) is 128 Å². The lowest BCUT2D eigenvalue weighted by Crippen LogP contribution is -2.42. The summed E-state index contributed by atoms with van der Waals surface area (Å²) in [6.45, 7) is 10.1. The Bertz CT molecular complexity index is 1350. The van der Waals surface area contributed by atoms with Crippen LogP contribution in [0.1, 0.15) is 212 Å². The van der Waals surface area contributed by atoms with Gasteiger partial charge in [-0.1, -0.05) is 115 Å². The summed E-state index contributed by atoms with van der Waals surface area (Å²) in [5.74, 6) is 20.2. The lowest BCUT2D eigenvalue weighted by Gasteiger charge is -2.43. The summed E-state index contributed by atoms with van der Waals surface area (Å²) < 4.78 is 20.0. The highest BCUT2D eigenvalue weighted by Gasteiger charge is 2.41. The van der Waals surface area contributed by atoms with Gasteiger partial charge in [0, 0.05) is 17.7 Å². The molecule has 3 heteroatoms. The minimum atomic E-state index is -0.401. The van der Waals surface area contributed by atoms with Crippen molar-refractivity contribution in [3.8, 4) is 23.7 Å². The third-order valence-electron chi connectivity index (χ3n) is 15.1. The molecule has 0 spiro atoms. The number of hydrogen-bond acceptors (Lipinski definition) is 3. The molecule has 3 nitrogen and oxygen atoms in total. The highest BCUT2D eigenvalue weighted by atomic mass is 16.7. The predicted octanol–water partition coefficient (Wildman–Crippen LogP) is 14.0. The van der Waals surface area contributed by atoms with Crippen LogP contribution >= 0.6 is 0 Å². The van der Waals surface area contributed by atoms with E-state index in [1.54, 1.807) is 0 Å². The SMILES string of the molecule is CCCCCC(C)OC1(C#Cc2ccc(C#CC3(OC4CCCCO4)CCC(C4CCC(CCC)CC4)CC3)cc2)CCC(C2CCC(CCC)CC2)CC1. The zero-order valence-electron chi connectivity index (χ0n) is 36.0. The van der Waals surface area contributed by atoms with Crippen LogP contribution in [0.2, 0.25) is 0 Å². The smallest absolute Gasteiger partial charge is 0.159 e. The first-order valence-electron chi connectivity index (χ1n) is 24.0. The van der Waals surface area contributed by atoms with Gasteiger partial charge in [0.05, 0.1) is 6.10 Å². The maximum Gasteiger partial charge on any atom is 0.159 e. The molecule has 0 radical (unpaired) electrons. The number of unbranched alkanes of at least 4 members (excludes halogenated alkanes) is 2. The second-order valence-electron chi connectivity index (χ2n) is 19.2. The Morgan fingerprint density at radius 2 is 1.09 bits per heavy atom. The van der Waals surface area contributed by atoms with Gasteiger partial charge in [-0.05, 0) is 169 Å². The highest BCUT2D eigenvalue weighted by Crippen LogP contribution is 2.46. The van der Waals surface area contributed by atoms with Gasteiger partial charge >= 0.3 is 0 Å². The Kier molecular flexibility index (Phi) is 17.0. The maximum atomic E-state index is 6.98. The fourth-order valence-electron chi connectivity index (χ4n) is 11.6. The van der Waals surface area contributed by atoms with Crippen LogP contribution in [0.5, 0.6) is 0 Å². The number of ether oxygens (including phenoxy) is 3. The fourth-order valence-corrected chi connectivity index (χ4v) is 11.6. The molecule has 0 bridgehead atoms. The van der Waals surface area contributed by atoms with Gasteiger partial charge in [-0.3, -0.25) is 0 Å². The van der Waals surface area contributed by atoms with Crippen molar-refractivity contribution in [2.45, 2.75) is 225 Å². The van der Waals surface area contributed by atoms with Crippen molar-refractivity contribution in [1.82, 2.24) is 0 Å². The van der Waals surface area contributed by atoms with E-state index in [0.717, 1.165) is 98.2 Å². The van der Waals surface area contributed by atoms with Crippen LogP contribution in [0.3, 0.4) is 0 Å². The molecule has 5 fully saturated rings. The molecule has 0 amide bonds. The summed E-state index contributed by atoms with van der Waals surface area (Å²) in [5.41, 5.74) is 1.40. The monoisotopic (exact) mass is 753 g/mol. The summed E-state index contributed by atoms with van der Waals surface area (Å²) >= 11 is 0. The molecule has 1 heterocycles. The molecule has 2 unspecified atom stereocenters. The van der Waals surface area contributed by atoms with Crippen LogP contribution in [-0.2, 0) is 14.2 Å². The molecule has 1 aliphatic heterocycles. The summed E-state index contributed by atoms with van der Waals surface area (Å²) in [6.07, 6.45) is 34.7. The molecule has 0 aromatic heterocycles. The highest BCUT2D eigenvalue weighted by molar-refractivity contribution is 5.44. The summed E-state index contributed by atoms with van der Waals surface area (Å²) in [5, 5.41) is 0. The quantitative estimate of drug-likeness (QED) is 0.140. The summed E-state index contributed by atoms with van der Waals surface area (Å²) in [6, 6.07) is 8.71. The van der Waals surface area contributed by atoms with Crippen LogP contribution in [0.4, 0.5) is 0 Å². The Hall–Kier alpha value is -1.78. The molecule has 306 valence electrons. The van der Waals surface area contributed by atoms with Gasteiger partial charge in [0.1, 0.15) is 11.2 Å². The van der Waals surface area contributed by atoms with E-state index in [0.29, 0.717) is 0 Å². The summed E-state index contributed by atoms with van der Waals surface area (Å²) in [7, 11) is 0. The molecule has 1 aromatic carbocycles. The maximum absolute atomic E-state index is 6.98. The third-order valence-corrected chi connectivity index (χ3v) is 15.1. The average molecular weight is 753 g/mol. The summed E-state index contributed by atoms with van der Waals surface area (Å²) in [4.78, 5) is 0. The molecule has 4 saturated carbocycles. The van der Waals surface area contributed by atoms with Gasteiger partial charge in [0.2, 0.25) is 0 Å². The zero-order valence-corrected chi connectivity index (χ0v) is 36.0. The molecule has 6 rings (SSSR count). The van der Waals surface area contributed by atoms with Crippen molar-refractivity contribution in [2.24, 2.45) is 35.5 Å². The van der Waals surface area contributed by atoms with Gasteiger partial charge in [-0.15, -0.1) is 0 Å². The first-order chi connectivity index (χ1) is 26.9. The minimum absolute atomic E-state index is 0.110. The number of benzene rings is 1. The molecule has 0 N–H and O–H groups in total. The molecule has 2 atom stereocenters. The lowest BCUT2D eigenvalue weighted by molar-refractivity contribution is -0.217. The van der Waals surface area contributed by atoms with Crippen molar-refractivity contribution >= 4 is 0 Å². The fraction of sp³-hybridized carbons (Fsp3) is 0.808. The first kappa shape index (κ1) is 42.8. The molecule has 1 aromatic rings. The zero-order chi connectivity index (χ0) is 38.4. The van der Waals surface area contributed by atoms with Crippen LogP contribution in [0.15, 0.2) is 24.3 Å². The van der Waals surface area contributed by atoms with Crippen molar-refractivity contribution in [3.05, 3.63) is 35.4 Å². The van der Waals surface area contributed by atoms with Gasteiger partial charge in [0.15, 0.2) is 6.29 Å². The molecular weight excluding hydrogens is 673 g/mol. The normalized spacial score (nSPS) is 34.8. The Morgan fingerprint density at radius 1 is 0.600 bits per heavy atom. The third kappa shape index (κ3) is 12.9. The van der Waals surface area contributed by atoms with Gasteiger partial charge in [-0.25, -0.2) is 0 Å². The van der Waals surface area contributed by atoms with Gasteiger partial charge < -0.3 is 14.2 Å². The van der Waals surface area contributed by atoms with Crippen LogP contribution in [0.25, 0.3) is 0 Å². The van der Waals surface area contributed by atoms with E-state index in [1.807, 2.05) is 0 Å². The van der Waals surface area contributed by atoms with Crippen LogP contribution < -0.4 is 0 Å². The minimum Gasteiger partial charge on any atom is -0.359 e. The molecule has 55 heavy (non-hydrogen) atoms.